The predicted octanol–water partition coefficient (Wildman–Crippen LogP) is 2.66. The monoisotopic (exact) mass is 488 g/mol. The highest BCUT2D eigenvalue weighted by Gasteiger charge is 2.08. The zero-order chi connectivity index (χ0) is 20.4. The number of carboxylic acid groups (broad SMARTS) is 2. The van der Waals surface area contributed by atoms with Crippen LogP contribution in [0.15, 0.2) is 48.5 Å². The number of carbonyl (C=O) groups excluding carboxylic acids is 1. The number of carbonyl (C=O) groups is 3. The van der Waals surface area contributed by atoms with Gasteiger partial charge in [0, 0.05) is 15.8 Å². The van der Waals surface area contributed by atoms with Crippen LogP contribution in [0, 0.1) is 9.39 Å². The van der Waals surface area contributed by atoms with Crippen LogP contribution >= 0.6 is 22.6 Å². The van der Waals surface area contributed by atoms with Crippen molar-refractivity contribution < 1.29 is 29.0 Å². The molecule has 0 fully saturated rings. The van der Waals surface area contributed by atoms with Crippen molar-refractivity contribution in [2.24, 2.45) is 0 Å². The first-order valence-electron chi connectivity index (χ1n) is 7.62. The molecular weight excluding hydrogens is 470 g/mol. The molecule has 0 saturated heterocycles. The molecule has 0 saturated carbocycles. The molecule has 0 unspecified atom stereocenters. The Kier molecular flexibility index (Phi) is 9.37. The molecule has 2 rings (SSSR count). The fourth-order valence-corrected chi connectivity index (χ4v) is 2.51. The molecule has 0 spiro atoms. The van der Waals surface area contributed by atoms with Gasteiger partial charge < -0.3 is 15.5 Å². The fourth-order valence-electron chi connectivity index (χ4n) is 1.97. The molecule has 7 nitrogen and oxygen atoms in total. The summed E-state index contributed by atoms with van der Waals surface area (Å²) >= 11 is 2.20. The maximum atomic E-state index is 12.8. The van der Waals surface area contributed by atoms with Crippen molar-refractivity contribution in [3.05, 3.63) is 63.5 Å². The molecule has 1 amide bonds. The Balaban J connectivity index is 0.000000527. The second-order valence-corrected chi connectivity index (χ2v) is 6.71. The summed E-state index contributed by atoms with van der Waals surface area (Å²) in [5.41, 5.74) is 1.77. The molecule has 2 aromatic rings. The summed E-state index contributed by atoms with van der Waals surface area (Å²) in [6.07, 6.45) is 0. The number of nitrogens with one attached hydrogen (secondary N) is 1. The largest absolute Gasteiger partial charge is 0.473 e. The number of hydrogen-bond acceptors (Lipinski definition) is 4. The molecule has 0 heterocycles. The molecule has 0 aliphatic heterocycles. The normalized spacial score (nSPS) is 9.93. The quantitative estimate of drug-likeness (QED) is 0.442. The number of hydrogen-bond donors (Lipinski definition) is 3. The second-order valence-electron chi connectivity index (χ2n) is 5.47. The highest BCUT2D eigenvalue weighted by molar-refractivity contribution is 14.1. The zero-order valence-electron chi connectivity index (χ0n) is 14.4. The third kappa shape index (κ3) is 9.66. The Labute approximate surface area is 168 Å². The summed E-state index contributed by atoms with van der Waals surface area (Å²) in [4.78, 5) is 32.0. The fraction of sp³-hybridized carbons (Fsp3) is 0.167. The molecule has 0 aliphatic rings. The van der Waals surface area contributed by atoms with Crippen molar-refractivity contribution in [1.29, 1.82) is 0 Å². The number of nitrogens with zero attached hydrogens (tertiary/aromatic N) is 1. The topological polar surface area (TPSA) is 107 Å². The Morgan fingerprint density at radius 2 is 1.67 bits per heavy atom. The number of benzene rings is 2. The van der Waals surface area contributed by atoms with Gasteiger partial charge in [-0.3, -0.25) is 9.69 Å². The van der Waals surface area contributed by atoms with Gasteiger partial charge in [0.15, 0.2) is 0 Å². The van der Waals surface area contributed by atoms with E-state index in [1.165, 1.54) is 12.1 Å². The van der Waals surface area contributed by atoms with Crippen LogP contribution in [-0.4, -0.2) is 46.6 Å². The summed E-state index contributed by atoms with van der Waals surface area (Å²) in [6, 6.07) is 14.0. The van der Waals surface area contributed by atoms with Gasteiger partial charge in [-0.1, -0.05) is 18.2 Å². The van der Waals surface area contributed by atoms with Crippen molar-refractivity contribution >= 4 is 46.1 Å². The smallest absolute Gasteiger partial charge is 0.414 e. The van der Waals surface area contributed by atoms with Crippen molar-refractivity contribution in [2.45, 2.75) is 6.54 Å². The van der Waals surface area contributed by atoms with Crippen LogP contribution in [0.5, 0.6) is 0 Å². The van der Waals surface area contributed by atoms with Gasteiger partial charge in [-0.05, 0) is 65.5 Å². The van der Waals surface area contributed by atoms with Gasteiger partial charge in [0.25, 0.3) is 0 Å². The van der Waals surface area contributed by atoms with Gasteiger partial charge in [-0.2, -0.15) is 0 Å². The van der Waals surface area contributed by atoms with E-state index >= 15 is 0 Å². The standard InChI is InChI=1S/C16H16FIN2O.C2H2O4/c1-20(10-12-5-7-13(17)8-6-12)11-16(21)19-15-4-2-3-14(18)9-15;3-1(4)2(5)6/h2-9H,10-11H2,1H3,(H,19,21);(H,3,4)(H,5,6). The van der Waals surface area contributed by atoms with E-state index in [0.29, 0.717) is 6.54 Å². The van der Waals surface area contributed by atoms with Crippen LogP contribution < -0.4 is 5.32 Å². The van der Waals surface area contributed by atoms with Crippen molar-refractivity contribution in [3.8, 4) is 0 Å². The Morgan fingerprint density at radius 1 is 1.07 bits per heavy atom. The number of likely N-dealkylation sites (N-methyl/N-ethyl adjacent to an activating group) is 1. The maximum absolute atomic E-state index is 12.8. The SMILES string of the molecule is CN(CC(=O)Nc1cccc(I)c1)Cc1ccc(F)cc1.O=C(O)C(=O)O. The zero-order valence-corrected chi connectivity index (χ0v) is 16.5. The van der Waals surface area contributed by atoms with Crippen LogP contribution in [0.4, 0.5) is 10.1 Å². The third-order valence-electron chi connectivity index (χ3n) is 3.07. The second kappa shape index (κ2) is 11.2. The van der Waals surface area contributed by atoms with E-state index in [2.05, 4.69) is 27.9 Å². The number of rotatable bonds is 5. The lowest BCUT2D eigenvalue weighted by molar-refractivity contribution is -0.159. The molecule has 144 valence electrons. The van der Waals surface area contributed by atoms with Crippen LogP contribution in [0.25, 0.3) is 0 Å². The molecule has 3 N–H and O–H groups in total. The van der Waals surface area contributed by atoms with E-state index in [-0.39, 0.29) is 18.3 Å². The third-order valence-corrected chi connectivity index (χ3v) is 3.74. The molecular formula is C18H18FIN2O5. The molecule has 0 atom stereocenters. The minimum Gasteiger partial charge on any atom is -0.473 e. The molecule has 0 radical (unpaired) electrons. The van der Waals surface area contributed by atoms with E-state index in [1.54, 1.807) is 12.1 Å². The average Bonchev–Trinajstić information content (AvgIpc) is 2.57. The molecule has 2 aromatic carbocycles. The van der Waals surface area contributed by atoms with Gasteiger partial charge in [-0.25, -0.2) is 14.0 Å². The van der Waals surface area contributed by atoms with Crippen LogP contribution in [-0.2, 0) is 20.9 Å². The van der Waals surface area contributed by atoms with Crippen LogP contribution in [0.2, 0.25) is 0 Å². The number of amides is 1. The number of carboxylic acids is 2. The summed E-state index contributed by atoms with van der Waals surface area (Å²) < 4.78 is 13.9. The Bertz CT molecular complexity index is 787. The lowest BCUT2D eigenvalue weighted by Crippen LogP contribution is -2.29. The first kappa shape index (κ1) is 22.5. The summed E-state index contributed by atoms with van der Waals surface area (Å²) in [5, 5.41) is 17.6. The van der Waals surface area contributed by atoms with E-state index in [9.17, 15) is 9.18 Å². The molecule has 9 heteroatoms. The van der Waals surface area contributed by atoms with Gasteiger partial charge in [0.05, 0.1) is 6.54 Å². The molecule has 27 heavy (non-hydrogen) atoms. The summed E-state index contributed by atoms with van der Waals surface area (Å²) in [7, 11) is 1.86. The number of aliphatic carboxylic acids is 2. The van der Waals surface area contributed by atoms with Gasteiger partial charge in [-0.15, -0.1) is 0 Å². The van der Waals surface area contributed by atoms with Gasteiger partial charge >= 0.3 is 11.9 Å². The molecule has 0 bridgehead atoms. The van der Waals surface area contributed by atoms with Crippen molar-refractivity contribution in [2.75, 3.05) is 18.9 Å². The molecule has 0 aromatic heterocycles. The van der Waals surface area contributed by atoms with Crippen LogP contribution in [0.3, 0.4) is 0 Å². The Morgan fingerprint density at radius 3 is 2.19 bits per heavy atom. The summed E-state index contributed by atoms with van der Waals surface area (Å²) in [6.45, 7) is 0.878. The highest BCUT2D eigenvalue weighted by Crippen LogP contribution is 2.12. The minimum absolute atomic E-state index is 0.0680. The van der Waals surface area contributed by atoms with Gasteiger partial charge in [0.1, 0.15) is 5.82 Å². The highest BCUT2D eigenvalue weighted by atomic mass is 127. The van der Waals surface area contributed by atoms with E-state index < -0.39 is 11.9 Å². The molecule has 0 aliphatic carbocycles. The Hall–Kier alpha value is -2.53. The number of anilines is 1. The maximum Gasteiger partial charge on any atom is 0.414 e. The van der Waals surface area contributed by atoms with Crippen LogP contribution in [0.1, 0.15) is 5.56 Å². The first-order valence-corrected chi connectivity index (χ1v) is 8.70. The predicted molar refractivity (Wildman–Crippen MR) is 106 cm³/mol. The van der Waals surface area contributed by atoms with E-state index in [1.807, 2.05) is 36.2 Å². The summed E-state index contributed by atoms with van der Waals surface area (Å²) in [5.74, 6) is -3.97. The lowest BCUT2D eigenvalue weighted by atomic mass is 10.2. The first-order chi connectivity index (χ1) is 12.7. The van der Waals surface area contributed by atoms with E-state index in [4.69, 9.17) is 19.8 Å². The minimum atomic E-state index is -1.82. The number of halogens is 2. The van der Waals surface area contributed by atoms with E-state index in [0.717, 1.165) is 14.8 Å². The van der Waals surface area contributed by atoms with Gasteiger partial charge in [0.2, 0.25) is 5.91 Å². The lowest BCUT2D eigenvalue weighted by Gasteiger charge is -2.16. The van der Waals surface area contributed by atoms with Crippen molar-refractivity contribution in [1.82, 2.24) is 4.90 Å². The van der Waals surface area contributed by atoms with Crippen molar-refractivity contribution in [3.63, 3.8) is 0 Å². The average molecular weight is 488 g/mol.